The van der Waals surface area contributed by atoms with Gasteiger partial charge in [-0.15, -0.1) is 11.3 Å². The molecule has 0 aliphatic carbocycles. The van der Waals surface area contributed by atoms with E-state index < -0.39 is 0 Å². The minimum atomic E-state index is 0.174. The number of hydrogen-bond acceptors (Lipinski definition) is 5. The van der Waals surface area contributed by atoms with Gasteiger partial charge in [-0.25, -0.2) is 9.97 Å². The molecule has 2 aromatic heterocycles. The third-order valence-corrected chi connectivity index (χ3v) is 6.72. The number of hydrogen-bond donors (Lipinski definition) is 0. The van der Waals surface area contributed by atoms with Gasteiger partial charge in [0.15, 0.2) is 0 Å². The Kier molecular flexibility index (Phi) is 4.40. The van der Waals surface area contributed by atoms with Crippen LogP contribution >= 0.6 is 11.3 Å². The second kappa shape index (κ2) is 6.56. The maximum atomic E-state index is 12.9. The van der Waals surface area contributed by atoms with Crippen molar-refractivity contribution in [3.63, 3.8) is 0 Å². The molecule has 0 bridgehead atoms. The third kappa shape index (κ3) is 2.90. The molecule has 0 radical (unpaired) electrons. The fraction of sp³-hybridized carbons (Fsp3) is 0.632. The number of anilines is 1. The van der Waals surface area contributed by atoms with Crippen molar-refractivity contribution >= 4 is 33.3 Å². The molecule has 1 amide bonds. The lowest BCUT2D eigenvalue weighted by Gasteiger charge is -2.35. The number of aromatic nitrogens is 2. The molecule has 6 heteroatoms. The molecule has 2 aliphatic rings. The summed E-state index contributed by atoms with van der Waals surface area (Å²) in [6, 6.07) is 0.489. The number of fused-ring (bicyclic) bond motifs is 1. The van der Waals surface area contributed by atoms with E-state index in [1.165, 1.54) is 19.3 Å². The average molecular weight is 359 g/mol. The molecule has 1 unspecified atom stereocenters. The molecule has 4 rings (SSSR count). The quantitative estimate of drug-likeness (QED) is 0.816. The van der Waals surface area contributed by atoms with Crippen molar-refractivity contribution in [2.75, 3.05) is 24.5 Å². The van der Waals surface area contributed by atoms with Crippen LogP contribution in [0.25, 0.3) is 10.2 Å². The van der Waals surface area contributed by atoms with Crippen molar-refractivity contribution in [3.05, 3.63) is 16.3 Å². The number of carbonyl (C=O) groups excluding carboxylic acids is 1. The van der Waals surface area contributed by atoms with Crippen LogP contribution in [0.15, 0.2) is 0 Å². The lowest BCUT2D eigenvalue weighted by atomic mass is 10.0. The molecule has 2 aliphatic heterocycles. The Hall–Kier alpha value is -1.69. The van der Waals surface area contributed by atoms with Gasteiger partial charge in [-0.1, -0.05) is 0 Å². The highest BCUT2D eigenvalue weighted by Gasteiger charge is 2.28. The number of nitrogens with zero attached hydrogens (tertiary/aromatic N) is 4. The van der Waals surface area contributed by atoms with Gasteiger partial charge in [-0.05, 0) is 58.4 Å². The second-order valence-corrected chi connectivity index (χ2v) is 8.37. The number of carbonyl (C=O) groups is 1. The Balaban J connectivity index is 1.82. The van der Waals surface area contributed by atoms with Crippen molar-refractivity contribution in [2.45, 2.75) is 58.9 Å². The molecule has 25 heavy (non-hydrogen) atoms. The van der Waals surface area contributed by atoms with E-state index in [0.717, 1.165) is 64.8 Å². The summed E-state index contributed by atoms with van der Waals surface area (Å²) >= 11 is 1.54. The first-order valence-corrected chi connectivity index (χ1v) is 10.2. The first-order valence-electron chi connectivity index (χ1n) is 9.40. The summed E-state index contributed by atoms with van der Waals surface area (Å²) in [5, 5.41) is 1.09. The standard InChI is InChI=1S/C19H26N4OS/c1-12-8-4-5-11-23(12)17-15-13(2)16(19(24)22-9-6-7-10-22)25-18(15)21-14(3)20-17/h12H,4-11H2,1-3H3. The van der Waals surface area contributed by atoms with E-state index in [1.807, 2.05) is 11.8 Å². The van der Waals surface area contributed by atoms with Gasteiger partial charge in [0.25, 0.3) is 5.91 Å². The van der Waals surface area contributed by atoms with Crippen LogP contribution in [0.1, 0.15) is 60.1 Å². The Bertz CT molecular complexity index is 809. The number of amides is 1. The molecule has 0 spiro atoms. The minimum Gasteiger partial charge on any atom is -0.353 e. The maximum Gasteiger partial charge on any atom is 0.264 e. The first-order chi connectivity index (χ1) is 12.1. The van der Waals surface area contributed by atoms with Crippen LogP contribution in [0.3, 0.4) is 0 Å². The van der Waals surface area contributed by atoms with Crippen LogP contribution in [0.2, 0.25) is 0 Å². The molecule has 0 N–H and O–H groups in total. The molecule has 0 aromatic carbocycles. The summed E-state index contributed by atoms with van der Waals surface area (Å²) in [4.78, 5) is 28.6. The molecule has 2 fully saturated rings. The zero-order valence-corrected chi connectivity index (χ0v) is 16.2. The predicted molar refractivity (Wildman–Crippen MR) is 103 cm³/mol. The van der Waals surface area contributed by atoms with Crippen molar-refractivity contribution < 1.29 is 4.79 Å². The fourth-order valence-electron chi connectivity index (χ4n) is 4.11. The topological polar surface area (TPSA) is 49.3 Å². The summed E-state index contributed by atoms with van der Waals surface area (Å²) in [5.74, 6) is 2.00. The Morgan fingerprint density at radius 1 is 1.08 bits per heavy atom. The number of thiophene rings is 1. The Morgan fingerprint density at radius 3 is 2.52 bits per heavy atom. The van der Waals surface area contributed by atoms with Gasteiger partial charge in [0, 0.05) is 25.7 Å². The summed E-state index contributed by atoms with van der Waals surface area (Å²) < 4.78 is 0. The second-order valence-electron chi connectivity index (χ2n) is 7.37. The van der Waals surface area contributed by atoms with Crippen molar-refractivity contribution in [2.24, 2.45) is 0 Å². The average Bonchev–Trinajstić information content (AvgIpc) is 3.23. The lowest BCUT2D eigenvalue weighted by molar-refractivity contribution is 0.0797. The third-order valence-electron chi connectivity index (χ3n) is 5.55. The summed E-state index contributed by atoms with van der Waals surface area (Å²) in [6.07, 6.45) is 5.92. The minimum absolute atomic E-state index is 0.174. The molecule has 1 atom stereocenters. The highest BCUT2D eigenvalue weighted by Crippen LogP contribution is 2.38. The van der Waals surface area contributed by atoms with Crippen LogP contribution in [0, 0.1) is 13.8 Å². The van der Waals surface area contributed by atoms with E-state index >= 15 is 0 Å². The maximum absolute atomic E-state index is 12.9. The Morgan fingerprint density at radius 2 is 1.80 bits per heavy atom. The van der Waals surface area contributed by atoms with Gasteiger partial charge in [0.2, 0.25) is 0 Å². The van der Waals surface area contributed by atoms with Crippen molar-refractivity contribution in [1.29, 1.82) is 0 Å². The number of rotatable bonds is 2. The number of piperidine rings is 1. The summed E-state index contributed by atoms with van der Waals surface area (Å²) in [6.45, 7) is 9.10. The van der Waals surface area contributed by atoms with Crippen LogP contribution < -0.4 is 4.90 Å². The van der Waals surface area contributed by atoms with E-state index in [2.05, 4.69) is 23.7 Å². The van der Waals surface area contributed by atoms with Gasteiger partial charge < -0.3 is 9.80 Å². The molecular formula is C19H26N4OS. The van der Waals surface area contributed by atoms with Gasteiger partial charge >= 0.3 is 0 Å². The smallest absolute Gasteiger partial charge is 0.264 e. The van der Waals surface area contributed by atoms with E-state index in [9.17, 15) is 4.79 Å². The van der Waals surface area contributed by atoms with Gasteiger partial charge in [-0.2, -0.15) is 0 Å². The highest BCUT2D eigenvalue weighted by molar-refractivity contribution is 7.20. The largest absolute Gasteiger partial charge is 0.353 e. The van der Waals surface area contributed by atoms with Crippen LogP contribution in [0.4, 0.5) is 5.82 Å². The first kappa shape index (κ1) is 16.8. The van der Waals surface area contributed by atoms with E-state index in [0.29, 0.717) is 6.04 Å². The lowest BCUT2D eigenvalue weighted by Crippen LogP contribution is -2.38. The number of aryl methyl sites for hydroxylation is 2. The Labute approximate surface area is 153 Å². The van der Waals surface area contributed by atoms with E-state index in [1.54, 1.807) is 11.3 Å². The molecule has 2 saturated heterocycles. The summed E-state index contributed by atoms with van der Waals surface area (Å²) in [7, 11) is 0. The normalized spacial score (nSPS) is 21.3. The summed E-state index contributed by atoms with van der Waals surface area (Å²) in [5.41, 5.74) is 1.06. The van der Waals surface area contributed by atoms with Gasteiger partial charge in [-0.3, -0.25) is 4.79 Å². The molecule has 5 nitrogen and oxygen atoms in total. The molecule has 4 heterocycles. The van der Waals surface area contributed by atoms with Crippen molar-refractivity contribution in [3.8, 4) is 0 Å². The molecule has 0 saturated carbocycles. The monoisotopic (exact) mass is 358 g/mol. The van der Waals surface area contributed by atoms with Crippen LogP contribution in [-0.4, -0.2) is 46.5 Å². The zero-order chi connectivity index (χ0) is 17.6. The van der Waals surface area contributed by atoms with E-state index in [4.69, 9.17) is 4.98 Å². The molecular weight excluding hydrogens is 332 g/mol. The SMILES string of the molecule is Cc1nc(N2CCCCC2C)c2c(C)c(C(=O)N3CCCC3)sc2n1. The number of likely N-dealkylation sites (tertiary alicyclic amines) is 1. The van der Waals surface area contributed by atoms with Gasteiger partial charge in [0.05, 0.1) is 10.3 Å². The zero-order valence-electron chi connectivity index (χ0n) is 15.3. The van der Waals surface area contributed by atoms with Crippen LogP contribution in [-0.2, 0) is 0 Å². The van der Waals surface area contributed by atoms with Crippen LogP contribution in [0.5, 0.6) is 0 Å². The fourth-order valence-corrected chi connectivity index (χ4v) is 5.30. The van der Waals surface area contributed by atoms with E-state index in [-0.39, 0.29) is 5.91 Å². The predicted octanol–water partition coefficient (Wildman–Crippen LogP) is 3.92. The van der Waals surface area contributed by atoms with Crippen molar-refractivity contribution in [1.82, 2.24) is 14.9 Å². The molecule has 2 aromatic rings. The molecule has 134 valence electrons. The van der Waals surface area contributed by atoms with Gasteiger partial charge in [0.1, 0.15) is 16.5 Å². The highest BCUT2D eigenvalue weighted by atomic mass is 32.1.